The molecule has 2 nitrogen and oxygen atoms in total. The fourth-order valence-electron chi connectivity index (χ4n) is 1.92. The van der Waals surface area contributed by atoms with Crippen molar-refractivity contribution in [2.24, 2.45) is 0 Å². The molecule has 1 N–H and O–H groups in total. The minimum absolute atomic E-state index is 0.118. The summed E-state index contributed by atoms with van der Waals surface area (Å²) in [5.41, 5.74) is 2.05. The van der Waals surface area contributed by atoms with Crippen LogP contribution < -0.4 is 5.32 Å². The van der Waals surface area contributed by atoms with Crippen LogP contribution in [0.15, 0.2) is 48.5 Å². The molecule has 0 aliphatic heterocycles. The molecule has 0 saturated carbocycles. The highest BCUT2D eigenvalue weighted by molar-refractivity contribution is 5.98. The third kappa shape index (κ3) is 3.05. The van der Waals surface area contributed by atoms with Gasteiger partial charge in [0.1, 0.15) is 5.82 Å². The highest BCUT2D eigenvalue weighted by Crippen LogP contribution is 2.25. The molecular formula is C17H18FNO. The highest BCUT2D eigenvalue weighted by Gasteiger charge is 2.29. The molecule has 0 spiro atoms. The molecule has 104 valence electrons. The lowest BCUT2D eigenvalue weighted by molar-refractivity contribution is -0.120. The SMILES string of the molecule is Cc1ccc(C(C)(C)C(=O)Nc2ccc(F)cc2)cc1. The molecule has 0 fully saturated rings. The van der Waals surface area contributed by atoms with Crippen molar-refractivity contribution in [1.29, 1.82) is 0 Å². The fraction of sp³-hybridized carbons (Fsp3) is 0.235. The van der Waals surface area contributed by atoms with E-state index in [2.05, 4.69) is 5.32 Å². The van der Waals surface area contributed by atoms with Gasteiger partial charge in [-0.2, -0.15) is 0 Å². The molecule has 0 aliphatic carbocycles. The quantitative estimate of drug-likeness (QED) is 0.896. The predicted octanol–water partition coefficient (Wildman–Crippen LogP) is 4.05. The van der Waals surface area contributed by atoms with E-state index in [1.165, 1.54) is 12.1 Å². The van der Waals surface area contributed by atoms with Gasteiger partial charge in [-0.15, -0.1) is 0 Å². The minimum atomic E-state index is -0.651. The number of carbonyl (C=O) groups is 1. The molecule has 1 amide bonds. The van der Waals surface area contributed by atoms with Crippen LogP contribution >= 0.6 is 0 Å². The van der Waals surface area contributed by atoms with E-state index >= 15 is 0 Å². The molecule has 0 heterocycles. The lowest BCUT2D eigenvalue weighted by Crippen LogP contribution is -2.34. The molecule has 0 saturated heterocycles. The van der Waals surface area contributed by atoms with Crippen LogP contribution in [0, 0.1) is 12.7 Å². The zero-order chi connectivity index (χ0) is 14.8. The van der Waals surface area contributed by atoms with Crippen molar-refractivity contribution in [3.05, 3.63) is 65.5 Å². The van der Waals surface area contributed by atoms with Crippen LogP contribution in [0.1, 0.15) is 25.0 Å². The Morgan fingerprint density at radius 1 is 1.00 bits per heavy atom. The normalized spacial score (nSPS) is 11.2. The summed E-state index contributed by atoms with van der Waals surface area (Å²) in [6.45, 7) is 5.75. The Balaban J connectivity index is 2.18. The molecule has 0 bridgehead atoms. The number of benzene rings is 2. The average Bonchev–Trinajstić information content (AvgIpc) is 2.42. The zero-order valence-corrected chi connectivity index (χ0v) is 11.9. The molecule has 20 heavy (non-hydrogen) atoms. The van der Waals surface area contributed by atoms with E-state index in [1.54, 1.807) is 12.1 Å². The number of amides is 1. The van der Waals surface area contributed by atoms with Gasteiger partial charge in [0.2, 0.25) is 5.91 Å². The molecule has 0 aliphatic rings. The van der Waals surface area contributed by atoms with Crippen LogP contribution in [0.3, 0.4) is 0 Å². The Hall–Kier alpha value is -2.16. The van der Waals surface area contributed by atoms with Crippen LogP contribution in [0.2, 0.25) is 0 Å². The average molecular weight is 271 g/mol. The van der Waals surface area contributed by atoms with Crippen molar-refractivity contribution >= 4 is 11.6 Å². The van der Waals surface area contributed by atoms with Crippen molar-refractivity contribution < 1.29 is 9.18 Å². The van der Waals surface area contributed by atoms with E-state index in [0.717, 1.165) is 11.1 Å². The standard InChI is InChI=1S/C17H18FNO/c1-12-4-6-13(7-5-12)17(2,3)16(20)19-15-10-8-14(18)9-11-15/h4-11H,1-3H3,(H,19,20). The van der Waals surface area contributed by atoms with Crippen molar-refractivity contribution in [3.8, 4) is 0 Å². The van der Waals surface area contributed by atoms with E-state index < -0.39 is 5.41 Å². The first kappa shape index (κ1) is 14.3. The number of aryl methyl sites for hydroxylation is 1. The maximum atomic E-state index is 12.8. The van der Waals surface area contributed by atoms with E-state index in [9.17, 15) is 9.18 Å². The minimum Gasteiger partial charge on any atom is -0.325 e. The van der Waals surface area contributed by atoms with Crippen LogP contribution in [-0.4, -0.2) is 5.91 Å². The summed E-state index contributed by atoms with van der Waals surface area (Å²) in [5, 5.41) is 2.82. The number of halogens is 1. The highest BCUT2D eigenvalue weighted by atomic mass is 19.1. The van der Waals surface area contributed by atoms with Gasteiger partial charge >= 0.3 is 0 Å². The third-order valence-corrected chi connectivity index (χ3v) is 3.44. The molecule has 2 aromatic rings. The van der Waals surface area contributed by atoms with Crippen molar-refractivity contribution in [3.63, 3.8) is 0 Å². The van der Waals surface area contributed by atoms with E-state index in [0.29, 0.717) is 5.69 Å². The second kappa shape index (κ2) is 5.45. The number of hydrogen-bond acceptors (Lipinski definition) is 1. The number of anilines is 1. The second-order valence-electron chi connectivity index (χ2n) is 5.45. The Bertz CT molecular complexity index is 600. The number of carbonyl (C=O) groups excluding carboxylic acids is 1. The summed E-state index contributed by atoms with van der Waals surface area (Å²) >= 11 is 0. The molecule has 2 rings (SSSR count). The molecule has 0 radical (unpaired) electrons. The van der Waals surface area contributed by atoms with Crippen LogP contribution in [0.4, 0.5) is 10.1 Å². The first-order valence-electron chi connectivity index (χ1n) is 6.54. The predicted molar refractivity (Wildman–Crippen MR) is 79.2 cm³/mol. The Morgan fingerprint density at radius 2 is 1.55 bits per heavy atom. The maximum Gasteiger partial charge on any atom is 0.234 e. The second-order valence-corrected chi connectivity index (χ2v) is 5.45. The van der Waals surface area contributed by atoms with Crippen molar-refractivity contribution in [2.45, 2.75) is 26.2 Å². The van der Waals surface area contributed by atoms with Gasteiger partial charge in [0, 0.05) is 5.69 Å². The van der Waals surface area contributed by atoms with Gasteiger partial charge in [-0.1, -0.05) is 29.8 Å². The summed E-state index contributed by atoms with van der Waals surface area (Å²) in [6, 6.07) is 13.7. The van der Waals surface area contributed by atoms with Gasteiger partial charge < -0.3 is 5.32 Å². The smallest absolute Gasteiger partial charge is 0.234 e. The zero-order valence-electron chi connectivity index (χ0n) is 11.9. The summed E-state index contributed by atoms with van der Waals surface area (Å²) in [7, 11) is 0. The summed E-state index contributed by atoms with van der Waals surface area (Å²) in [6.07, 6.45) is 0. The largest absolute Gasteiger partial charge is 0.325 e. The summed E-state index contributed by atoms with van der Waals surface area (Å²) < 4.78 is 12.8. The first-order chi connectivity index (χ1) is 9.39. The van der Waals surface area contributed by atoms with Gasteiger partial charge in [0.25, 0.3) is 0 Å². The summed E-state index contributed by atoms with van der Waals surface area (Å²) in [5.74, 6) is -0.436. The van der Waals surface area contributed by atoms with Gasteiger partial charge in [-0.3, -0.25) is 4.79 Å². The molecule has 0 aromatic heterocycles. The Labute approximate surface area is 118 Å². The number of nitrogens with one attached hydrogen (secondary N) is 1. The third-order valence-electron chi connectivity index (χ3n) is 3.44. The lowest BCUT2D eigenvalue weighted by Gasteiger charge is -2.24. The molecule has 2 aromatic carbocycles. The Kier molecular flexibility index (Phi) is 3.89. The van der Waals surface area contributed by atoms with Crippen molar-refractivity contribution in [1.82, 2.24) is 0 Å². The monoisotopic (exact) mass is 271 g/mol. The molecular weight excluding hydrogens is 253 g/mol. The molecule has 0 unspecified atom stereocenters. The van der Waals surface area contributed by atoms with E-state index in [4.69, 9.17) is 0 Å². The van der Waals surface area contributed by atoms with Gasteiger partial charge in [-0.05, 0) is 50.6 Å². The maximum absolute atomic E-state index is 12.8. The first-order valence-corrected chi connectivity index (χ1v) is 6.54. The van der Waals surface area contributed by atoms with Crippen LogP contribution in [0.5, 0.6) is 0 Å². The molecule has 0 atom stereocenters. The topological polar surface area (TPSA) is 29.1 Å². The van der Waals surface area contributed by atoms with Crippen LogP contribution in [-0.2, 0) is 10.2 Å². The van der Waals surface area contributed by atoms with Crippen molar-refractivity contribution in [2.75, 3.05) is 5.32 Å². The van der Waals surface area contributed by atoms with Crippen LogP contribution in [0.25, 0.3) is 0 Å². The molecule has 3 heteroatoms. The van der Waals surface area contributed by atoms with E-state index in [1.807, 2.05) is 45.0 Å². The Morgan fingerprint density at radius 3 is 2.10 bits per heavy atom. The van der Waals surface area contributed by atoms with E-state index in [-0.39, 0.29) is 11.7 Å². The van der Waals surface area contributed by atoms with Gasteiger partial charge in [-0.25, -0.2) is 4.39 Å². The fourth-order valence-corrected chi connectivity index (χ4v) is 1.92. The number of rotatable bonds is 3. The van der Waals surface area contributed by atoms with Gasteiger partial charge in [0.15, 0.2) is 0 Å². The van der Waals surface area contributed by atoms with Gasteiger partial charge in [0.05, 0.1) is 5.41 Å². The summed E-state index contributed by atoms with van der Waals surface area (Å²) in [4.78, 5) is 12.4. The lowest BCUT2D eigenvalue weighted by atomic mass is 9.83. The number of hydrogen-bond donors (Lipinski definition) is 1.